The second kappa shape index (κ2) is 6.64. The monoisotopic (exact) mass is 242 g/mol. The lowest BCUT2D eigenvalue weighted by Gasteiger charge is -2.14. The molecule has 0 saturated heterocycles. The largest absolute Gasteiger partial charge is 0.378 e. The maximum Gasteiger partial charge on any atom is 0.232 e. The molecule has 0 aliphatic rings. The van der Waals surface area contributed by atoms with Crippen LogP contribution in [0.1, 0.15) is 33.6 Å². The Balaban J connectivity index is 3.45. The van der Waals surface area contributed by atoms with Crippen LogP contribution < -0.4 is 0 Å². The summed E-state index contributed by atoms with van der Waals surface area (Å²) >= 11 is 0. The van der Waals surface area contributed by atoms with Crippen molar-refractivity contribution >= 4 is 19.7 Å². The summed E-state index contributed by atoms with van der Waals surface area (Å²) in [6, 6.07) is 0. The van der Waals surface area contributed by atoms with E-state index >= 15 is 0 Å². The van der Waals surface area contributed by atoms with Gasteiger partial charge in [-0.15, -0.1) is 0 Å². The third-order valence-corrected chi connectivity index (χ3v) is 2.98. The molecule has 0 fully saturated rings. The number of hydrogen-bond donors (Lipinski definition) is 0. The molecule has 0 saturated carbocycles. The van der Waals surface area contributed by atoms with E-state index in [1.54, 1.807) is 0 Å². The van der Waals surface area contributed by atoms with Crippen molar-refractivity contribution in [3.05, 3.63) is 0 Å². The first-order valence-corrected chi connectivity index (χ1v) is 7.33. The van der Waals surface area contributed by atoms with Gasteiger partial charge in [0.05, 0.1) is 11.9 Å². The normalized spacial score (nSPS) is 14.6. The molecule has 0 radical (unpaired) electrons. The van der Waals surface area contributed by atoms with Crippen LogP contribution in [-0.2, 0) is 13.8 Å². The second-order valence-electron chi connectivity index (χ2n) is 3.91. The third-order valence-electron chi connectivity index (χ3n) is 1.74. The van der Waals surface area contributed by atoms with Gasteiger partial charge in [-0.25, -0.2) is 8.42 Å². The van der Waals surface area contributed by atoms with Crippen molar-refractivity contribution in [3.8, 4) is 0 Å². The molecule has 0 bridgehead atoms. The molecule has 1 atom stereocenters. The molecule has 0 aromatic carbocycles. The lowest BCUT2D eigenvalue weighted by Crippen LogP contribution is -2.13. The fourth-order valence-corrected chi connectivity index (χ4v) is 2.04. The van der Waals surface area contributed by atoms with Crippen LogP contribution in [0.25, 0.3) is 0 Å². The standard InChI is InChI=1S/C9H19ClO3S/c1-8(2)7-9(3)13-5-4-6-14(10,11)12/h8-9H,4-7H2,1-3H3. The predicted molar refractivity (Wildman–Crippen MR) is 59.1 cm³/mol. The van der Waals surface area contributed by atoms with Crippen molar-refractivity contribution in [1.82, 2.24) is 0 Å². The van der Waals surface area contributed by atoms with Crippen molar-refractivity contribution < 1.29 is 13.2 Å². The lowest BCUT2D eigenvalue weighted by molar-refractivity contribution is 0.0528. The number of halogens is 1. The Kier molecular flexibility index (Phi) is 6.74. The van der Waals surface area contributed by atoms with Crippen molar-refractivity contribution in [2.45, 2.75) is 39.7 Å². The van der Waals surface area contributed by atoms with Crippen molar-refractivity contribution in [2.24, 2.45) is 5.92 Å². The van der Waals surface area contributed by atoms with Crippen LogP contribution in [0, 0.1) is 5.92 Å². The SMILES string of the molecule is CC(C)CC(C)OCCCS(=O)(=O)Cl. The zero-order valence-electron chi connectivity index (χ0n) is 8.99. The Labute approximate surface area is 91.2 Å². The van der Waals surface area contributed by atoms with Crippen LogP contribution in [0.4, 0.5) is 0 Å². The summed E-state index contributed by atoms with van der Waals surface area (Å²) in [7, 11) is 1.70. The van der Waals surface area contributed by atoms with Crippen molar-refractivity contribution in [2.75, 3.05) is 12.4 Å². The first-order valence-electron chi connectivity index (χ1n) is 4.85. The Hall–Kier alpha value is 0.200. The summed E-state index contributed by atoms with van der Waals surface area (Å²) in [6.07, 6.45) is 1.65. The van der Waals surface area contributed by atoms with Gasteiger partial charge in [-0.1, -0.05) is 13.8 Å². The van der Waals surface area contributed by atoms with E-state index in [2.05, 4.69) is 13.8 Å². The van der Waals surface area contributed by atoms with E-state index in [1.807, 2.05) is 6.92 Å². The predicted octanol–water partition coefficient (Wildman–Crippen LogP) is 2.40. The maximum atomic E-state index is 10.6. The topological polar surface area (TPSA) is 43.4 Å². The molecule has 1 unspecified atom stereocenters. The van der Waals surface area contributed by atoms with Crippen LogP contribution in [0.15, 0.2) is 0 Å². The lowest BCUT2D eigenvalue weighted by atomic mass is 10.1. The van der Waals surface area contributed by atoms with Gasteiger partial charge in [0, 0.05) is 17.3 Å². The molecule has 0 aromatic rings. The zero-order valence-corrected chi connectivity index (χ0v) is 10.6. The van der Waals surface area contributed by atoms with Gasteiger partial charge in [0.15, 0.2) is 0 Å². The first kappa shape index (κ1) is 14.2. The summed E-state index contributed by atoms with van der Waals surface area (Å²) in [4.78, 5) is 0. The summed E-state index contributed by atoms with van der Waals surface area (Å²) < 4.78 is 26.6. The average Bonchev–Trinajstić information content (AvgIpc) is 1.95. The number of ether oxygens (including phenoxy) is 1. The van der Waals surface area contributed by atoms with Gasteiger partial charge >= 0.3 is 0 Å². The highest BCUT2D eigenvalue weighted by Crippen LogP contribution is 2.08. The van der Waals surface area contributed by atoms with Crippen molar-refractivity contribution in [3.63, 3.8) is 0 Å². The Morgan fingerprint density at radius 2 is 1.86 bits per heavy atom. The average molecular weight is 243 g/mol. The summed E-state index contributed by atoms with van der Waals surface area (Å²) in [5, 5.41) is 0. The molecule has 0 heterocycles. The molecule has 0 spiro atoms. The first-order chi connectivity index (χ1) is 6.31. The van der Waals surface area contributed by atoms with Crippen molar-refractivity contribution in [1.29, 1.82) is 0 Å². The zero-order chi connectivity index (χ0) is 11.2. The molecule has 5 heteroatoms. The molecule has 0 amide bonds. The van der Waals surface area contributed by atoms with Crippen LogP contribution >= 0.6 is 10.7 Å². The van der Waals surface area contributed by atoms with Gasteiger partial charge in [0.1, 0.15) is 0 Å². The fourth-order valence-electron chi connectivity index (χ4n) is 1.25. The quantitative estimate of drug-likeness (QED) is 0.509. The van der Waals surface area contributed by atoms with E-state index in [-0.39, 0.29) is 11.9 Å². The van der Waals surface area contributed by atoms with E-state index in [0.717, 1.165) is 6.42 Å². The highest BCUT2D eigenvalue weighted by molar-refractivity contribution is 8.13. The third kappa shape index (κ3) is 10.3. The van der Waals surface area contributed by atoms with Gasteiger partial charge in [-0.3, -0.25) is 0 Å². The Morgan fingerprint density at radius 3 is 2.29 bits per heavy atom. The molecule has 3 nitrogen and oxygen atoms in total. The van der Waals surface area contributed by atoms with Crippen LogP contribution in [-0.4, -0.2) is 26.9 Å². The van der Waals surface area contributed by atoms with E-state index in [0.29, 0.717) is 18.9 Å². The van der Waals surface area contributed by atoms with Gasteiger partial charge < -0.3 is 4.74 Å². The molecular weight excluding hydrogens is 224 g/mol. The molecule has 0 N–H and O–H groups in total. The highest BCUT2D eigenvalue weighted by Gasteiger charge is 2.07. The van der Waals surface area contributed by atoms with Gasteiger partial charge in [0.2, 0.25) is 9.05 Å². The number of rotatable bonds is 7. The highest BCUT2D eigenvalue weighted by atomic mass is 35.7. The Bertz CT molecular complexity index is 236. The Morgan fingerprint density at radius 1 is 1.29 bits per heavy atom. The minimum atomic E-state index is -3.35. The van der Waals surface area contributed by atoms with Crippen LogP contribution in [0.5, 0.6) is 0 Å². The van der Waals surface area contributed by atoms with E-state index in [1.165, 1.54) is 0 Å². The molecule has 0 aliphatic heterocycles. The molecule has 0 rings (SSSR count). The summed E-state index contributed by atoms with van der Waals surface area (Å²) in [6.45, 7) is 6.71. The summed E-state index contributed by atoms with van der Waals surface area (Å²) in [5.74, 6) is 0.588. The van der Waals surface area contributed by atoms with Crippen LogP contribution in [0.2, 0.25) is 0 Å². The summed E-state index contributed by atoms with van der Waals surface area (Å²) in [5.41, 5.74) is 0. The van der Waals surface area contributed by atoms with E-state index in [9.17, 15) is 8.42 Å². The smallest absolute Gasteiger partial charge is 0.232 e. The van der Waals surface area contributed by atoms with Gasteiger partial charge in [0.25, 0.3) is 0 Å². The molecule has 14 heavy (non-hydrogen) atoms. The molecule has 86 valence electrons. The van der Waals surface area contributed by atoms with E-state index < -0.39 is 9.05 Å². The number of hydrogen-bond acceptors (Lipinski definition) is 3. The molecule has 0 aliphatic carbocycles. The van der Waals surface area contributed by atoms with Crippen LogP contribution in [0.3, 0.4) is 0 Å². The minimum absolute atomic E-state index is 0.0110. The van der Waals surface area contributed by atoms with Gasteiger partial charge in [-0.05, 0) is 25.7 Å². The van der Waals surface area contributed by atoms with Gasteiger partial charge in [-0.2, -0.15) is 0 Å². The fraction of sp³-hybridized carbons (Fsp3) is 1.00. The second-order valence-corrected chi connectivity index (χ2v) is 6.80. The molecule has 0 aromatic heterocycles. The van der Waals surface area contributed by atoms with E-state index in [4.69, 9.17) is 15.4 Å². The maximum absolute atomic E-state index is 10.6. The minimum Gasteiger partial charge on any atom is -0.378 e. The molecular formula is C9H19ClO3S.